The van der Waals surface area contributed by atoms with E-state index in [0.29, 0.717) is 6.42 Å². The highest BCUT2D eigenvalue weighted by Gasteiger charge is 2.24. The van der Waals surface area contributed by atoms with Gasteiger partial charge in [-0.2, -0.15) is 0 Å². The number of benzene rings is 1. The summed E-state index contributed by atoms with van der Waals surface area (Å²) in [5, 5.41) is 19.6. The van der Waals surface area contributed by atoms with Crippen LogP contribution in [0.1, 0.15) is 23.7 Å². The van der Waals surface area contributed by atoms with Crippen LogP contribution < -0.4 is 0 Å². The highest BCUT2D eigenvalue weighted by Crippen LogP contribution is 2.29. The maximum atomic E-state index is 12.3. The number of nitrogens with zero attached hydrogens (tertiary/aromatic N) is 2. The standard InChI is InChI=1S/C12H13BrN2O5/c1-2-6-14(7-10(16)17)12(18)8-4-3-5-9(11(8)13)15(19)20/h3-5H,2,6-7H2,1H3,(H,16,17). The predicted octanol–water partition coefficient (Wildman–Crippen LogP) is 2.29. The SMILES string of the molecule is CCCN(CC(=O)O)C(=O)c1cccc([N+](=O)[O-])c1Br. The van der Waals surface area contributed by atoms with Gasteiger partial charge in [-0.1, -0.05) is 13.0 Å². The molecule has 0 atom stereocenters. The number of halogens is 1. The van der Waals surface area contributed by atoms with E-state index in [1.165, 1.54) is 18.2 Å². The molecule has 0 heterocycles. The summed E-state index contributed by atoms with van der Waals surface area (Å²) in [4.78, 5) is 34.4. The molecule has 1 aromatic rings. The van der Waals surface area contributed by atoms with Gasteiger partial charge in [0, 0.05) is 12.6 Å². The Kier molecular flexibility index (Phi) is 5.63. The number of carbonyl (C=O) groups excluding carboxylic acids is 1. The number of carboxylic acids is 1. The number of aliphatic carboxylic acids is 1. The molecule has 108 valence electrons. The predicted molar refractivity (Wildman–Crippen MR) is 74.6 cm³/mol. The molecular weight excluding hydrogens is 332 g/mol. The summed E-state index contributed by atoms with van der Waals surface area (Å²) >= 11 is 3.03. The minimum Gasteiger partial charge on any atom is -0.480 e. The van der Waals surface area contributed by atoms with E-state index < -0.39 is 23.3 Å². The van der Waals surface area contributed by atoms with Crippen molar-refractivity contribution in [2.75, 3.05) is 13.1 Å². The van der Waals surface area contributed by atoms with Gasteiger partial charge in [-0.05, 0) is 28.4 Å². The molecule has 0 saturated carbocycles. The number of carbonyl (C=O) groups is 2. The van der Waals surface area contributed by atoms with Crippen molar-refractivity contribution in [3.63, 3.8) is 0 Å². The average molecular weight is 345 g/mol. The lowest BCUT2D eigenvalue weighted by Gasteiger charge is -2.20. The monoisotopic (exact) mass is 344 g/mol. The third-order valence-corrected chi connectivity index (χ3v) is 3.35. The second-order valence-electron chi connectivity index (χ2n) is 4.02. The van der Waals surface area contributed by atoms with Crippen LogP contribution in [0.2, 0.25) is 0 Å². The third kappa shape index (κ3) is 3.77. The molecule has 0 aliphatic heterocycles. The minimum absolute atomic E-state index is 0.0569. The molecule has 8 heteroatoms. The summed E-state index contributed by atoms with van der Waals surface area (Å²) in [7, 11) is 0. The fourth-order valence-electron chi connectivity index (χ4n) is 1.68. The molecule has 1 rings (SSSR count). The first-order chi connectivity index (χ1) is 9.38. The van der Waals surface area contributed by atoms with E-state index in [9.17, 15) is 19.7 Å². The van der Waals surface area contributed by atoms with Crippen LogP contribution in [0.4, 0.5) is 5.69 Å². The van der Waals surface area contributed by atoms with Gasteiger partial charge in [0.1, 0.15) is 11.0 Å². The number of hydrogen-bond donors (Lipinski definition) is 1. The van der Waals surface area contributed by atoms with Crippen molar-refractivity contribution < 1.29 is 19.6 Å². The van der Waals surface area contributed by atoms with E-state index in [4.69, 9.17) is 5.11 Å². The van der Waals surface area contributed by atoms with E-state index >= 15 is 0 Å². The molecular formula is C12H13BrN2O5. The van der Waals surface area contributed by atoms with Gasteiger partial charge in [0.25, 0.3) is 11.6 Å². The normalized spacial score (nSPS) is 10.1. The van der Waals surface area contributed by atoms with Crippen molar-refractivity contribution in [1.82, 2.24) is 4.90 Å². The molecule has 0 aliphatic rings. The molecule has 20 heavy (non-hydrogen) atoms. The third-order valence-electron chi connectivity index (χ3n) is 2.51. The topological polar surface area (TPSA) is 101 Å². The average Bonchev–Trinajstić information content (AvgIpc) is 2.37. The van der Waals surface area contributed by atoms with E-state index in [2.05, 4.69) is 15.9 Å². The summed E-state index contributed by atoms with van der Waals surface area (Å²) < 4.78 is 0.0569. The Balaban J connectivity index is 3.14. The fraction of sp³-hybridized carbons (Fsp3) is 0.333. The van der Waals surface area contributed by atoms with Gasteiger partial charge in [0.15, 0.2) is 0 Å². The molecule has 1 aromatic carbocycles. The Morgan fingerprint density at radius 1 is 1.45 bits per heavy atom. The molecule has 0 aromatic heterocycles. The summed E-state index contributed by atoms with van der Waals surface area (Å²) in [6.07, 6.45) is 0.589. The number of amides is 1. The largest absolute Gasteiger partial charge is 0.480 e. The zero-order chi connectivity index (χ0) is 15.3. The van der Waals surface area contributed by atoms with E-state index in [0.717, 1.165) is 4.90 Å². The molecule has 0 saturated heterocycles. The Hall–Kier alpha value is -1.96. The van der Waals surface area contributed by atoms with Gasteiger partial charge in [-0.25, -0.2) is 0 Å². The second kappa shape index (κ2) is 6.99. The molecule has 0 fully saturated rings. The lowest BCUT2D eigenvalue weighted by atomic mass is 10.1. The van der Waals surface area contributed by atoms with Gasteiger partial charge in [-0.15, -0.1) is 0 Å². The van der Waals surface area contributed by atoms with Crippen LogP contribution in [0.3, 0.4) is 0 Å². The maximum Gasteiger partial charge on any atom is 0.323 e. The van der Waals surface area contributed by atoms with Gasteiger partial charge >= 0.3 is 5.97 Å². The smallest absolute Gasteiger partial charge is 0.323 e. The van der Waals surface area contributed by atoms with Gasteiger partial charge in [0.05, 0.1) is 10.5 Å². The zero-order valence-corrected chi connectivity index (χ0v) is 12.3. The summed E-state index contributed by atoms with van der Waals surface area (Å²) in [5.41, 5.74) is -0.156. The number of rotatable bonds is 6. The van der Waals surface area contributed by atoms with Gasteiger partial charge in [0.2, 0.25) is 0 Å². The Morgan fingerprint density at radius 2 is 2.10 bits per heavy atom. The quantitative estimate of drug-likeness (QED) is 0.630. The molecule has 0 spiro atoms. The van der Waals surface area contributed by atoms with Crippen LogP contribution in [0.25, 0.3) is 0 Å². The van der Waals surface area contributed by atoms with Crippen molar-refractivity contribution in [3.8, 4) is 0 Å². The van der Waals surface area contributed by atoms with E-state index in [1.807, 2.05) is 6.92 Å². The Labute approximate surface area is 123 Å². The summed E-state index contributed by atoms with van der Waals surface area (Å²) in [6.45, 7) is 1.63. The fourth-order valence-corrected chi connectivity index (χ4v) is 2.26. The van der Waals surface area contributed by atoms with Crippen LogP contribution in [0.15, 0.2) is 22.7 Å². The number of hydrogen-bond acceptors (Lipinski definition) is 4. The Bertz CT molecular complexity index is 547. The van der Waals surface area contributed by atoms with Crippen LogP contribution >= 0.6 is 15.9 Å². The maximum absolute atomic E-state index is 12.3. The molecule has 1 N–H and O–H groups in total. The highest BCUT2D eigenvalue weighted by atomic mass is 79.9. The highest BCUT2D eigenvalue weighted by molar-refractivity contribution is 9.10. The first-order valence-electron chi connectivity index (χ1n) is 5.82. The summed E-state index contributed by atoms with van der Waals surface area (Å²) in [6, 6.07) is 4.08. The minimum atomic E-state index is -1.13. The first-order valence-corrected chi connectivity index (χ1v) is 6.61. The molecule has 0 aliphatic carbocycles. The van der Waals surface area contributed by atoms with Crippen molar-refractivity contribution in [3.05, 3.63) is 38.3 Å². The van der Waals surface area contributed by atoms with E-state index in [-0.39, 0.29) is 22.3 Å². The molecule has 0 unspecified atom stereocenters. The second-order valence-corrected chi connectivity index (χ2v) is 4.81. The van der Waals surface area contributed by atoms with Crippen molar-refractivity contribution >= 4 is 33.5 Å². The summed E-state index contributed by atoms with van der Waals surface area (Å²) in [5.74, 6) is -1.68. The van der Waals surface area contributed by atoms with Gasteiger partial charge in [-0.3, -0.25) is 19.7 Å². The first kappa shape index (κ1) is 16.1. The molecule has 1 amide bonds. The molecule has 7 nitrogen and oxygen atoms in total. The lowest BCUT2D eigenvalue weighted by Crippen LogP contribution is -2.36. The number of nitro groups is 1. The van der Waals surface area contributed by atoms with Gasteiger partial charge < -0.3 is 10.0 Å². The Morgan fingerprint density at radius 3 is 2.60 bits per heavy atom. The molecule has 0 radical (unpaired) electrons. The lowest BCUT2D eigenvalue weighted by molar-refractivity contribution is -0.385. The number of carboxylic acid groups (broad SMARTS) is 1. The van der Waals surface area contributed by atoms with Crippen molar-refractivity contribution in [1.29, 1.82) is 0 Å². The van der Waals surface area contributed by atoms with Crippen LogP contribution in [0, 0.1) is 10.1 Å². The number of nitro benzene ring substituents is 1. The zero-order valence-electron chi connectivity index (χ0n) is 10.7. The van der Waals surface area contributed by atoms with Crippen LogP contribution in [-0.2, 0) is 4.79 Å². The van der Waals surface area contributed by atoms with Crippen LogP contribution in [0.5, 0.6) is 0 Å². The van der Waals surface area contributed by atoms with E-state index in [1.54, 1.807) is 0 Å². The van der Waals surface area contributed by atoms with Crippen molar-refractivity contribution in [2.24, 2.45) is 0 Å². The molecule has 0 bridgehead atoms. The van der Waals surface area contributed by atoms with Crippen LogP contribution in [-0.4, -0.2) is 39.9 Å². The van der Waals surface area contributed by atoms with Crippen molar-refractivity contribution in [2.45, 2.75) is 13.3 Å².